The molecule has 5 nitrogen and oxygen atoms in total. The number of rotatable bonds is 0. The van der Waals surface area contributed by atoms with Crippen LogP contribution in [0.2, 0.25) is 0 Å². The molecule has 14 heavy (non-hydrogen) atoms. The second-order valence-corrected chi connectivity index (χ2v) is 3.83. The van der Waals surface area contributed by atoms with Crippen molar-refractivity contribution in [2.24, 2.45) is 11.8 Å². The molecular formula is C9H14N2O3. The SMILES string of the molecule is COC(=O)N1CC2CNCC(C1)C2=O. The summed E-state index contributed by atoms with van der Waals surface area (Å²) in [6.07, 6.45) is -0.325. The molecule has 2 rings (SSSR count). The molecule has 2 bridgehead atoms. The number of Topliss-reactive ketones (excluding diaryl/α,β-unsaturated/α-hetero) is 1. The summed E-state index contributed by atoms with van der Waals surface area (Å²) in [4.78, 5) is 24.5. The number of carbonyl (C=O) groups is 2. The third-order valence-corrected chi connectivity index (χ3v) is 2.90. The molecular weight excluding hydrogens is 184 g/mol. The van der Waals surface area contributed by atoms with Gasteiger partial charge in [0.25, 0.3) is 0 Å². The first-order valence-corrected chi connectivity index (χ1v) is 4.79. The molecule has 0 aromatic rings. The molecule has 2 saturated heterocycles. The Balaban J connectivity index is 2.07. The summed E-state index contributed by atoms with van der Waals surface area (Å²) in [7, 11) is 1.37. The molecule has 2 unspecified atom stereocenters. The molecule has 0 radical (unpaired) electrons. The van der Waals surface area contributed by atoms with E-state index in [0.29, 0.717) is 32.0 Å². The maximum Gasteiger partial charge on any atom is 0.409 e. The smallest absolute Gasteiger partial charge is 0.409 e. The van der Waals surface area contributed by atoms with E-state index < -0.39 is 0 Å². The Morgan fingerprint density at radius 1 is 1.43 bits per heavy atom. The van der Waals surface area contributed by atoms with Crippen molar-refractivity contribution in [3.63, 3.8) is 0 Å². The van der Waals surface area contributed by atoms with Gasteiger partial charge in [0.15, 0.2) is 0 Å². The number of amides is 1. The van der Waals surface area contributed by atoms with Crippen molar-refractivity contribution >= 4 is 11.9 Å². The number of likely N-dealkylation sites (tertiary alicyclic amines) is 1. The molecule has 2 heterocycles. The van der Waals surface area contributed by atoms with Gasteiger partial charge in [-0.3, -0.25) is 4.79 Å². The van der Waals surface area contributed by atoms with E-state index in [-0.39, 0.29) is 17.9 Å². The van der Waals surface area contributed by atoms with Crippen LogP contribution in [0.25, 0.3) is 0 Å². The number of hydrogen-bond acceptors (Lipinski definition) is 4. The molecule has 78 valence electrons. The van der Waals surface area contributed by atoms with Gasteiger partial charge in [-0.2, -0.15) is 0 Å². The molecule has 0 saturated carbocycles. The monoisotopic (exact) mass is 198 g/mol. The first-order valence-electron chi connectivity index (χ1n) is 4.79. The van der Waals surface area contributed by atoms with Crippen LogP contribution in [0.5, 0.6) is 0 Å². The molecule has 0 spiro atoms. The first-order chi connectivity index (χ1) is 6.72. The molecule has 2 atom stereocenters. The van der Waals surface area contributed by atoms with Gasteiger partial charge in [-0.15, -0.1) is 0 Å². The average Bonchev–Trinajstić information content (AvgIpc) is 2.16. The molecule has 0 aromatic heterocycles. The van der Waals surface area contributed by atoms with Gasteiger partial charge in [0.05, 0.1) is 7.11 Å². The Hall–Kier alpha value is -1.10. The van der Waals surface area contributed by atoms with Gasteiger partial charge >= 0.3 is 6.09 Å². The zero-order chi connectivity index (χ0) is 10.1. The van der Waals surface area contributed by atoms with Crippen molar-refractivity contribution in [3.05, 3.63) is 0 Å². The van der Waals surface area contributed by atoms with Gasteiger partial charge in [0.2, 0.25) is 0 Å². The van der Waals surface area contributed by atoms with Crippen molar-refractivity contribution in [2.75, 3.05) is 33.3 Å². The highest BCUT2D eigenvalue weighted by Crippen LogP contribution is 2.21. The van der Waals surface area contributed by atoms with Gasteiger partial charge < -0.3 is 15.0 Å². The third-order valence-electron chi connectivity index (χ3n) is 2.90. The lowest BCUT2D eigenvalue weighted by Gasteiger charge is -2.39. The summed E-state index contributed by atoms with van der Waals surface area (Å²) < 4.78 is 4.65. The molecule has 0 aliphatic carbocycles. The number of nitrogens with zero attached hydrogens (tertiary/aromatic N) is 1. The molecule has 1 amide bonds. The van der Waals surface area contributed by atoms with Crippen LogP contribution in [0.3, 0.4) is 0 Å². The van der Waals surface area contributed by atoms with E-state index in [4.69, 9.17) is 0 Å². The lowest BCUT2D eigenvalue weighted by molar-refractivity contribution is -0.132. The van der Waals surface area contributed by atoms with Crippen molar-refractivity contribution < 1.29 is 14.3 Å². The number of fused-ring (bicyclic) bond motifs is 2. The fraction of sp³-hybridized carbons (Fsp3) is 0.778. The largest absolute Gasteiger partial charge is 0.453 e. The molecule has 2 aliphatic heterocycles. The topological polar surface area (TPSA) is 58.6 Å². The summed E-state index contributed by atoms with van der Waals surface area (Å²) in [5.41, 5.74) is 0. The van der Waals surface area contributed by atoms with E-state index in [1.807, 2.05) is 0 Å². The molecule has 1 N–H and O–H groups in total. The Kier molecular flexibility index (Phi) is 2.41. The highest BCUT2D eigenvalue weighted by Gasteiger charge is 2.39. The second kappa shape index (κ2) is 3.57. The van der Waals surface area contributed by atoms with Crippen molar-refractivity contribution in [1.82, 2.24) is 10.2 Å². The fourth-order valence-electron chi connectivity index (χ4n) is 2.16. The van der Waals surface area contributed by atoms with E-state index in [1.165, 1.54) is 7.11 Å². The van der Waals surface area contributed by atoms with Crippen LogP contribution >= 0.6 is 0 Å². The molecule has 2 aliphatic rings. The van der Waals surface area contributed by atoms with Gasteiger partial charge in [-0.25, -0.2) is 4.79 Å². The standard InChI is InChI=1S/C9H14N2O3/c1-14-9(13)11-4-6-2-10-3-7(5-11)8(6)12/h6-7,10H,2-5H2,1H3. The van der Waals surface area contributed by atoms with Gasteiger partial charge in [-0.1, -0.05) is 0 Å². The van der Waals surface area contributed by atoms with Crippen LogP contribution in [0, 0.1) is 11.8 Å². The number of ketones is 1. The lowest BCUT2D eigenvalue weighted by Crippen LogP contribution is -2.58. The fourth-order valence-corrected chi connectivity index (χ4v) is 2.16. The van der Waals surface area contributed by atoms with Crippen molar-refractivity contribution in [3.8, 4) is 0 Å². The second-order valence-electron chi connectivity index (χ2n) is 3.83. The van der Waals surface area contributed by atoms with Crippen LogP contribution < -0.4 is 5.32 Å². The highest BCUT2D eigenvalue weighted by atomic mass is 16.5. The van der Waals surface area contributed by atoms with Crippen molar-refractivity contribution in [1.29, 1.82) is 0 Å². The van der Waals surface area contributed by atoms with Crippen LogP contribution in [-0.4, -0.2) is 50.1 Å². The van der Waals surface area contributed by atoms with E-state index >= 15 is 0 Å². The number of carbonyl (C=O) groups excluding carboxylic acids is 2. The lowest BCUT2D eigenvalue weighted by atomic mass is 9.84. The maximum absolute atomic E-state index is 11.6. The van der Waals surface area contributed by atoms with Gasteiger partial charge in [0, 0.05) is 38.0 Å². The van der Waals surface area contributed by atoms with Crippen molar-refractivity contribution in [2.45, 2.75) is 0 Å². The Morgan fingerprint density at radius 3 is 2.50 bits per heavy atom. The minimum absolute atomic E-state index is 0.0402. The highest BCUT2D eigenvalue weighted by molar-refractivity contribution is 5.87. The Morgan fingerprint density at radius 2 is 2.00 bits per heavy atom. The average molecular weight is 198 g/mol. The zero-order valence-corrected chi connectivity index (χ0v) is 8.16. The maximum atomic E-state index is 11.6. The Bertz CT molecular complexity index is 251. The predicted octanol–water partition coefficient (Wildman–Crippen LogP) is -0.527. The zero-order valence-electron chi connectivity index (χ0n) is 8.16. The minimum Gasteiger partial charge on any atom is -0.453 e. The van der Waals surface area contributed by atoms with E-state index in [2.05, 4.69) is 10.1 Å². The quantitative estimate of drug-likeness (QED) is 0.568. The van der Waals surface area contributed by atoms with Crippen LogP contribution in [0.4, 0.5) is 4.79 Å². The minimum atomic E-state index is -0.325. The number of nitrogens with one attached hydrogen (secondary N) is 1. The van der Waals surface area contributed by atoms with Crippen LogP contribution in [0.15, 0.2) is 0 Å². The number of ether oxygens (including phenoxy) is 1. The first kappa shape index (κ1) is 9.45. The Labute approximate surface area is 82.4 Å². The van der Waals surface area contributed by atoms with Crippen LogP contribution in [-0.2, 0) is 9.53 Å². The normalized spacial score (nSPS) is 31.5. The number of piperidine rings is 2. The predicted molar refractivity (Wildman–Crippen MR) is 48.8 cm³/mol. The summed E-state index contributed by atoms with van der Waals surface area (Å²) in [6, 6.07) is 0. The molecule has 0 aromatic carbocycles. The van der Waals surface area contributed by atoms with E-state index in [0.717, 1.165) is 0 Å². The summed E-state index contributed by atoms with van der Waals surface area (Å²) >= 11 is 0. The van der Waals surface area contributed by atoms with Gasteiger partial charge in [-0.05, 0) is 0 Å². The summed E-state index contributed by atoms with van der Waals surface area (Å²) in [6.45, 7) is 2.36. The summed E-state index contributed by atoms with van der Waals surface area (Å²) in [5, 5.41) is 3.20. The van der Waals surface area contributed by atoms with Gasteiger partial charge in [0.1, 0.15) is 5.78 Å². The third kappa shape index (κ3) is 1.48. The number of hydrogen-bond donors (Lipinski definition) is 1. The molecule has 2 fully saturated rings. The summed E-state index contributed by atoms with van der Waals surface area (Å²) in [5.74, 6) is 0.215. The number of methoxy groups -OCH3 is 1. The van der Waals surface area contributed by atoms with Crippen LogP contribution in [0.1, 0.15) is 0 Å². The van der Waals surface area contributed by atoms with E-state index in [1.54, 1.807) is 4.90 Å². The molecule has 5 heteroatoms. The van der Waals surface area contributed by atoms with E-state index in [9.17, 15) is 9.59 Å².